The molecular formula is C13H17F4N. The fraction of sp³-hybridized carbons (Fsp3) is 0.538. The Labute approximate surface area is 104 Å². The van der Waals surface area contributed by atoms with Crippen LogP contribution in [-0.2, 0) is 6.18 Å². The smallest absolute Gasteiger partial charge is 0.314 e. The fourth-order valence-electron chi connectivity index (χ4n) is 1.83. The number of rotatable bonds is 4. The first-order valence-corrected chi connectivity index (χ1v) is 5.87. The molecular weight excluding hydrogens is 246 g/mol. The molecule has 102 valence electrons. The Morgan fingerprint density at radius 1 is 1.22 bits per heavy atom. The number of halogens is 4. The van der Waals surface area contributed by atoms with Crippen LogP contribution in [-0.4, -0.2) is 12.6 Å². The van der Waals surface area contributed by atoms with E-state index in [9.17, 15) is 17.6 Å². The maximum Gasteiger partial charge on any atom is 0.419 e. The van der Waals surface area contributed by atoms with Gasteiger partial charge in [0, 0.05) is 6.04 Å². The Hall–Kier alpha value is -1.10. The summed E-state index contributed by atoms with van der Waals surface area (Å²) in [5.74, 6) is -1.35. The van der Waals surface area contributed by atoms with Crippen LogP contribution in [0, 0.1) is 5.82 Å². The SMILES string of the molecule is CCNC(C)C(C)c1ccc(F)c(C(F)(F)F)c1. The van der Waals surface area contributed by atoms with Crippen molar-refractivity contribution in [3.63, 3.8) is 0 Å². The van der Waals surface area contributed by atoms with Gasteiger partial charge < -0.3 is 5.32 Å². The standard InChI is InChI=1S/C13H17F4N/c1-4-18-9(3)8(2)10-5-6-12(14)11(7-10)13(15,16)17/h5-9,18H,4H2,1-3H3. The first kappa shape index (κ1) is 15.0. The predicted octanol–water partition coefficient (Wildman–Crippen LogP) is 3.95. The molecule has 0 bridgehead atoms. The molecule has 1 rings (SSSR count). The van der Waals surface area contributed by atoms with E-state index in [0.717, 1.165) is 18.7 Å². The molecule has 2 atom stereocenters. The molecule has 1 aromatic rings. The van der Waals surface area contributed by atoms with Crippen molar-refractivity contribution in [2.75, 3.05) is 6.54 Å². The molecule has 0 aliphatic rings. The molecule has 2 unspecified atom stereocenters. The largest absolute Gasteiger partial charge is 0.419 e. The molecule has 1 aromatic carbocycles. The number of likely N-dealkylation sites (N-methyl/N-ethyl adjacent to an activating group) is 1. The van der Waals surface area contributed by atoms with E-state index in [2.05, 4.69) is 5.32 Å². The molecule has 0 radical (unpaired) electrons. The second-order valence-electron chi connectivity index (χ2n) is 4.37. The van der Waals surface area contributed by atoms with Crippen molar-refractivity contribution >= 4 is 0 Å². The molecule has 5 heteroatoms. The molecule has 1 nitrogen and oxygen atoms in total. The monoisotopic (exact) mass is 263 g/mol. The third-order valence-corrected chi connectivity index (χ3v) is 3.10. The first-order valence-electron chi connectivity index (χ1n) is 5.87. The number of nitrogens with one attached hydrogen (secondary N) is 1. The van der Waals surface area contributed by atoms with Crippen LogP contribution >= 0.6 is 0 Å². The van der Waals surface area contributed by atoms with Crippen LogP contribution in [0.2, 0.25) is 0 Å². The van der Waals surface area contributed by atoms with Crippen molar-refractivity contribution in [3.8, 4) is 0 Å². The quantitative estimate of drug-likeness (QED) is 0.811. The lowest BCUT2D eigenvalue weighted by Gasteiger charge is -2.22. The van der Waals surface area contributed by atoms with Crippen molar-refractivity contribution in [3.05, 3.63) is 35.1 Å². The van der Waals surface area contributed by atoms with Crippen molar-refractivity contribution in [1.29, 1.82) is 0 Å². The van der Waals surface area contributed by atoms with Gasteiger partial charge in [-0.1, -0.05) is 19.9 Å². The van der Waals surface area contributed by atoms with Gasteiger partial charge in [0.2, 0.25) is 0 Å². The molecule has 0 fully saturated rings. The minimum Gasteiger partial charge on any atom is -0.314 e. The summed E-state index contributed by atoms with van der Waals surface area (Å²) in [6.07, 6.45) is -4.65. The Bertz CT molecular complexity index is 400. The lowest BCUT2D eigenvalue weighted by Crippen LogP contribution is -2.30. The number of hydrogen-bond acceptors (Lipinski definition) is 1. The minimum atomic E-state index is -4.65. The zero-order chi connectivity index (χ0) is 13.9. The zero-order valence-corrected chi connectivity index (χ0v) is 10.6. The topological polar surface area (TPSA) is 12.0 Å². The molecule has 0 spiro atoms. The van der Waals surface area contributed by atoms with Crippen molar-refractivity contribution < 1.29 is 17.6 Å². The normalized spacial score (nSPS) is 15.5. The van der Waals surface area contributed by atoms with Crippen LogP contribution in [0.1, 0.15) is 37.8 Å². The van der Waals surface area contributed by atoms with Gasteiger partial charge in [0.1, 0.15) is 5.82 Å². The molecule has 0 amide bonds. The van der Waals surface area contributed by atoms with E-state index in [0.29, 0.717) is 5.56 Å². The van der Waals surface area contributed by atoms with Crippen LogP contribution in [0.4, 0.5) is 17.6 Å². The minimum absolute atomic E-state index is 0.0292. The van der Waals surface area contributed by atoms with Crippen LogP contribution in [0.5, 0.6) is 0 Å². The van der Waals surface area contributed by atoms with Gasteiger partial charge in [0.25, 0.3) is 0 Å². The van der Waals surface area contributed by atoms with Gasteiger partial charge in [-0.15, -0.1) is 0 Å². The van der Waals surface area contributed by atoms with Crippen LogP contribution in [0.25, 0.3) is 0 Å². The Balaban J connectivity index is 3.05. The summed E-state index contributed by atoms with van der Waals surface area (Å²) < 4.78 is 50.9. The van der Waals surface area contributed by atoms with Gasteiger partial charge in [-0.25, -0.2) is 4.39 Å². The van der Waals surface area contributed by atoms with E-state index in [4.69, 9.17) is 0 Å². The number of hydrogen-bond donors (Lipinski definition) is 1. The molecule has 0 saturated heterocycles. The number of alkyl halides is 3. The maximum atomic E-state index is 13.1. The highest BCUT2D eigenvalue weighted by atomic mass is 19.4. The highest BCUT2D eigenvalue weighted by Gasteiger charge is 2.34. The molecule has 18 heavy (non-hydrogen) atoms. The van der Waals surface area contributed by atoms with E-state index >= 15 is 0 Å². The first-order chi connectivity index (χ1) is 8.27. The molecule has 1 N–H and O–H groups in total. The fourth-order valence-corrected chi connectivity index (χ4v) is 1.83. The molecule has 0 heterocycles. The lowest BCUT2D eigenvalue weighted by atomic mass is 9.93. The van der Waals surface area contributed by atoms with Crippen molar-refractivity contribution in [2.24, 2.45) is 0 Å². The van der Waals surface area contributed by atoms with E-state index in [1.54, 1.807) is 0 Å². The van der Waals surface area contributed by atoms with Gasteiger partial charge in [-0.3, -0.25) is 0 Å². The van der Waals surface area contributed by atoms with E-state index in [-0.39, 0.29) is 12.0 Å². The van der Waals surface area contributed by atoms with E-state index in [1.807, 2.05) is 20.8 Å². The molecule has 0 saturated carbocycles. The highest BCUT2D eigenvalue weighted by molar-refractivity contribution is 5.30. The highest BCUT2D eigenvalue weighted by Crippen LogP contribution is 2.33. The summed E-state index contributed by atoms with van der Waals surface area (Å²) in [7, 11) is 0. The number of benzene rings is 1. The van der Waals surface area contributed by atoms with Crippen LogP contribution < -0.4 is 5.32 Å². The van der Waals surface area contributed by atoms with Gasteiger partial charge in [0.05, 0.1) is 5.56 Å². The van der Waals surface area contributed by atoms with E-state index < -0.39 is 17.6 Å². The van der Waals surface area contributed by atoms with Crippen LogP contribution in [0.15, 0.2) is 18.2 Å². The summed E-state index contributed by atoms with van der Waals surface area (Å²) >= 11 is 0. The van der Waals surface area contributed by atoms with Gasteiger partial charge >= 0.3 is 6.18 Å². The summed E-state index contributed by atoms with van der Waals surface area (Å²) in [6, 6.07) is 3.21. The second-order valence-corrected chi connectivity index (χ2v) is 4.37. The van der Waals surface area contributed by atoms with E-state index in [1.165, 1.54) is 6.07 Å². The lowest BCUT2D eigenvalue weighted by molar-refractivity contribution is -0.140. The Morgan fingerprint density at radius 3 is 2.33 bits per heavy atom. The molecule has 0 aliphatic carbocycles. The van der Waals surface area contributed by atoms with Crippen molar-refractivity contribution in [2.45, 2.75) is 38.9 Å². The summed E-state index contributed by atoms with van der Waals surface area (Å²) in [5.41, 5.74) is -0.715. The average Bonchev–Trinajstić information content (AvgIpc) is 2.27. The summed E-state index contributed by atoms with van der Waals surface area (Å²) in [5, 5.41) is 3.14. The Morgan fingerprint density at radius 2 is 1.83 bits per heavy atom. The molecule has 0 aliphatic heterocycles. The predicted molar refractivity (Wildman–Crippen MR) is 63.0 cm³/mol. The Kier molecular flexibility index (Phi) is 4.73. The summed E-state index contributed by atoms with van der Waals surface area (Å²) in [4.78, 5) is 0. The zero-order valence-electron chi connectivity index (χ0n) is 10.6. The second kappa shape index (κ2) is 5.69. The van der Waals surface area contributed by atoms with Crippen LogP contribution in [0.3, 0.4) is 0 Å². The van der Waals surface area contributed by atoms with Gasteiger partial charge in [0.15, 0.2) is 0 Å². The van der Waals surface area contributed by atoms with Gasteiger partial charge in [-0.05, 0) is 37.1 Å². The third-order valence-electron chi connectivity index (χ3n) is 3.10. The third kappa shape index (κ3) is 3.45. The van der Waals surface area contributed by atoms with Crippen molar-refractivity contribution in [1.82, 2.24) is 5.32 Å². The maximum absolute atomic E-state index is 13.1. The average molecular weight is 263 g/mol. The summed E-state index contributed by atoms with van der Waals surface area (Å²) in [6.45, 7) is 6.37. The molecule has 0 aromatic heterocycles. The van der Waals surface area contributed by atoms with Gasteiger partial charge in [-0.2, -0.15) is 13.2 Å².